The largest absolute Gasteiger partial charge is 0.478 e. The van der Waals surface area contributed by atoms with E-state index in [9.17, 15) is 4.79 Å². The molecule has 0 spiro atoms. The first-order valence-corrected chi connectivity index (χ1v) is 5.02. The first kappa shape index (κ1) is 11.0. The Hall–Kier alpha value is -2.54. The van der Waals surface area contributed by atoms with Crippen LogP contribution in [0.5, 0.6) is 0 Å². The Labute approximate surface area is 98.0 Å². The molecule has 4 heteroatoms. The van der Waals surface area contributed by atoms with Crippen molar-refractivity contribution in [2.45, 2.75) is 6.54 Å². The van der Waals surface area contributed by atoms with Crippen LogP contribution in [0.2, 0.25) is 0 Å². The number of carboxylic acids is 1. The number of hydrogen-bond acceptors (Lipinski definition) is 2. The van der Waals surface area contributed by atoms with Crippen molar-refractivity contribution in [3.8, 4) is 6.07 Å². The fourth-order valence-electron chi connectivity index (χ4n) is 1.66. The molecular formula is C13H10N2O2. The normalized spacial score (nSPS) is 10.1. The van der Waals surface area contributed by atoms with Crippen molar-refractivity contribution >= 4 is 16.9 Å². The Balaban J connectivity index is 2.45. The molecule has 0 aliphatic rings. The molecule has 0 saturated heterocycles. The Morgan fingerprint density at radius 1 is 1.47 bits per heavy atom. The van der Waals surface area contributed by atoms with Crippen LogP contribution in [0.1, 0.15) is 5.56 Å². The molecular weight excluding hydrogens is 216 g/mol. The second-order valence-corrected chi connectivity index (χ2v) is 3.74. The van der Waals surface area contributed by atoms with Crippen LogP contribution in [0.15, 0.2) is 42.6 Å². The van der Waals surface area contributed by atoms with E-state index in [0.29, 0.717) is 5.56 Å². The summed E-state index contributed by atoms with van der Waals surface area (Å²) < 4.78 is 1.77. The maximum absolute atomic E-state index is 10.7. The van der Waals surface area contributed by atoms with Gasteiger partial charge in [-0.15, -0.1) is 0 Å². The molecule has 2 aromatic rings. The highest BCUT2D eigenvalue weighted by molar-refractivity contribution is 5.87. The second-order valence-electron chi connectivity index (χ2n) is 3.74. The van der Waals surface area contributed by atoms with Crippen molar-refractivity contribution in [3.05, 3.63) is 48.2 Å². The summed E-state index contributed by atoms with van der Waals surface area (Å²) >= 11 is 0. The molecule has 1 aromatic heterocycles. The van der Waals surface area contributed by atoms with Crippen molar-refractivity contribution in [2.75, 3.05) is 0 Å². The molecule has 0 unspecified atom stereocenters. The zero-order chi connectivity index (χ0) is 12.4. The SMILES string of the molecule is C=C(Cn1ccc2ccc(C#N)cc21)C(=O)O. The van der Waals surface area contributed by atoms with Crippen LogP contribution in [0, 0.1) is 11.3 Å². The molecule has 0 fully saturated rings. The van der Waals surface area contributed by atoms with E-state index < -0.39 is 5.97 Å². The topological polar surface area (TPSA) is 66.0 Å². The van der Waals surface area contributed by atoms with E-state index in [-0.39, 0.29) is 12.1 Å². The lowest BCUT2D eigenvalue weighted by Gasteiger charge is -2.05. The number of nitrogens with zero attached hydrogens (tertiary/aromatic N) is 2. The van der Waals surface area contributed by atoms with Crippen LogP contribution < -0.4 is 0 Å². The fraction of sp³-hybridized carbons (Fsp3) is 0.0769. The molecule has 1 N–H and O–H groups in total. The number of aliphatic carboxylic acids is 1. The van der Waals surface area contributed by atoms with Gasteiger partial charge in [0.15, 0.2) is 0 Å². The molecule has 0 aliphatic carbocycles. The van der Waals surface area contributed by atoms with E-state index in [1.54, 1.807) is 22.9 Å². The first-order valence-electron chi connectivity index (χ1n) is 5.02. The molecule has 2 rings (SSSR count). The van der Waals surface area contributed by atoms with Gasteiger partial charge in [0, 0.05) is 17.3 Å². The lowest BCUT2D eigenvalue weighted by Crippen LogP contribution is -2.07. The molecule has 1 aromatic carbocycles. The zero-order valence-corrected chi connectivity index (χ0v) is 9.05. The van der Waals surface area contributed by atoms with Crippen LogP contribution in [0.25, 0.3) is 10.9 Å². The van der Waals surface area contributed by atoms with Crippen molar-refractivity contribution in [2.24, 2.45) is 0 Å². The van der Waals surface area contributed by atoms with Crippen LogP contribution in [-0.2, 0) is 11.3 Å². The van der Waals surface area contributed by atoms with E-state index in [1.807, 2.05) is 12.1 Å². The predicted octanol–water partition coefficient (Wildman–Crippen LogP) is 2.15. The fourth-order valence-corrected chi connectivity index (χ4v) is 1.66. The maximum atomic E-state index is 10.7. The highest BCUT2D eigenvalue weighted by Crippen LogP contribution is 2.18. The van der Waals surface area contributed by atoms with E-state index in [4.69, 9.17) is 10.4 Å². The van der Waals surface area contributed by atoms with Gasteiger partial charge >= 0.3 is 5.97 Å². The Morgan fingerprint density at radius 3 is 2.88 bits per heavy atom. The highest BCUT2D eigenvalue weighted by atomic mass is 16.4. The second kappa shape index (κ2) is 4.14. The minimum atomic E-state index is -1.01. The molecule has 0 bridgehead atoms. The number of nitriles is 1. The van der Waals surface area contributed by atoms with Gasteiger partial charge in [-0.1, -0.05) is 12.6 Å². The standard InChI is InChI=1S/C13H10N2O2/c1-9(13(16)17)8-15-5-4-11-3-2-10(7-14)6-12(11)15/h2-6H,1,8H2,(H,16,17). The molecule has 0 atom stereocenters. The van der Waals surface area contributed by atoms with Gasteiger partial charge in [-0.3, -0.25) is 0 Å². The van der Waals surface area contributed by atoms with Crippen LogP contribution in [-0.4, -0.2) is 15.6 Å². The Bertz CT molecular complexity index is 647. The molecule has 84 valence electrons. The van der Waals surface area contributed by atoms with Gasteiger partial charge in [-0.2, -0.15) is 5.26 Å². The minimum Gasteiger partial charge on any atom is -0.478 e. The van der Waals surface area contributed by atoms with Gasteiger partial charge in [0.25, 0.3) is 0 Å². The predicted molar refractivity (Wildman–Crippen MR) is 63.4 cm³/mol. The number of carbonyl (C=O) groups is 1. The average Bonchev–Trinajstić information content (AvgIpc) is 2.71. The maximum Gasteiger partial charge on any atom is 0.332 e. The van der Waals surface area contributed by atoms with E-state index in [0.717, 1.165) is 10.9 Å². The third kappa shape index (κ3) is 2.04. The minimum absolute atomic E-state index is 0.116. The molecule has 17 heavy (non-hydrogen) atoms. The summed E-state index contributed by atoms with van der Waals surface area (Å²) in [5, 5.41) is 18.6. The van der Waals surface area contributed by atoms with Gasteiger partial charge in [-0.05, 0) is 23.6 Å². The number of carboxylic acid groups (broad SMARTS) is 1. The number of fused-ring (bicyclic) bond motifs is 1. The Morgan fingerprint density at radius 2 is 2.24 bits per heavy atom. The summed E-state index contributed by atoms with van der Waals surface area (Å²) in [6, 6.07) is 9.26. The van der Waals surface area contributed by atoms with Gasteiger partial charge in [-0.25, -0.2) is 4.79 Å². The van der Waals surface area contributed by atoms with Crippen molar-refractivity contribution in [1.29, 1.82) is 5.26 Å². The summed E-state index contributed by atoms with van der Waals surface area (Å²) in [6.07, 6.45) is 1.79. The molecule has 0 aliphatic heterocycles. The van der Waals surface area contributed by atoms with Gasteiger partial charge in [0.05, 0.1) is 18.2 Å². The van der Waals surface area contributed by atoms with Crippen molar-refractivity contribution < 1.29 is 9.90 Å². The average molecular weight is 226 g/mol. The summed E-state index contributed by atoms with van der Waals surface area (Å²) in [5.41, 5.74) is 1.51. The lowest BCUT2D eigenvalue weighted by atomic mass is 10.2. The quantitative estimate of drug-likeness (QED) is 0.815. The summed E-state index contributed by atoms with van der Waals surface area (Å²) in [5.74, 6) is -1.01. The van der Waals surface area contributed by atoms with Crippen LogP contribution in [0.4, 0.5) is 0 Å². The van der Waals surface area contributed by atoms with E-state index in [2.05, 4.69) is 12.6 Å². The Kier molecular flexibility index (Phi) is 2.67. The highest BCUT2D eigenvalue weighted by Gasteiger charge is 2.07. The summed E-state index contributed by atoms with van der Waals surface area (Å²) in [4.78, 5) is 10.7. The number of aromatic nitrogens is 1. The lowest BCUT2D eigenvalue weighted by molar-refractivity contribution is -0.132. The smallest absolute Gasteiger partial charge is 0.332 e. The number of rotatable bonds is 3. The molecule has 0 radical (unpaired) electrons. The van der Waals surface area contributed by atoms with Gasteiger partial charge in [0.1, 0.15) is 0 Å². The monoisotopic (exact) mass is 226 g/mol. The van der Waals surface area contributed by atoms with E-state index >= 15 is 0 Å². The first-order chi connectivity index (χ1) is 8.11. The van der Waals surface area contributed by atoms with Crippen LogP contribution in [0.3, 0.4) is 0 Å². The molecule has 4 nitrogen and oxygen atoms in total. The third-order valence-corrected chi connectivity index (χ3v) is 2.57. The summed E-state index contributed by atoms with van der Waals surface area (Å²) in [7, 11) is 0. The van der Waals surface area contributed by atoms with E-state index in [1.165, 1.54) is 0 Å². The van der Waals surface area contributed by atoms with Gasteiger partial charge in [0.2, 0.25) is 0 Å². The van der Waals surface area contributed by atoms with Crippen LogP contribution >= 0.6 is 0 Å². The number of benzene rings is 1. The zero-order valence-electron chi connectivity index (χ0n) is 9.05. The number of hydrogen-bond donors (Lipinski definition) is 1. The summed E-state index contributed by atoms with van der Waals surface area (Å²) in [6.45, 7) is 3.71. The third-order valence-electron chi connectivity index (χ3n) is 2.57. The molecule has 1 heterocycles. The van der Waals surface area contributed by atoms with Crippen molar-refractivity contribution in [1.82, 2.24) is 4.57 Å². The molecule has 0 saturated carbocycles. The van der Waals surface area contributed by atoms with Crippen molar-refractivity contribution in [3.63, 3.8) is 0 Å². The van der Waals surface area contributed by atoms with Gasteiger partial charge < -0.3 is 9.67 Å². The molecule has 0 amide bonds.